The highest BCUT2D eigenvalue weighted by atomic mass is 32.2. The molecule has 2 aromatic carbocycles. The average molecular weight is 399 g/mol. The second kappa shape index (κ2) is 7.75. The number of ether oxygens (including phenoxy) is 1. The van der Waals surface area contributed by atoms with Gasteiger partial charge in [0, 0.05) is 18.0 Å². The SMILES string of the molecule is CCOC(=O)Nc1cccc(OS(=O)(=O)c2ccccc2S(C)(=O)=O)c1. The van der Waals surface area contributed by atoms with Crippen molar-refractivity contribution < 1.29 is 30.6 Å². The molecule has 10 heteroatoms. The molecule has 0 heterocycles. The van der Waals surface area contributed by atoms with Gasteiger partial charge in [0.05, 0.1) is 11.5 Å². The zero-order valence-electron chi connectivity index (χ0n) is 14.0. The molecule has 0 atom stereocenters. The van der Waals surface area contributed by atoms with Gasteiger partial charge >= 0.3 is 16.2 Å². The molecular formula is C16H17NO7S2. The highest BCUT2D eigenvalue weighted by Gasteiger charge is 2.25. The third kappa shape index (κ3) is 4.96. The molecular weight excluding hydrogens is 382 g/mol. The fraction of sp³-hybridized carbons (Fsp3) is 0.188. The molecule has 1 amide bonds. The van der Waals surface area contributed by atoms with Crippen molar-refractivity contribution in [2.75, 3.05) is 18.2 Å². The molecule has 0 unspecified atom stereocenters. The van der Waals surface area contributed by atoms with E-state index < -0.39 is 30.9 Å². The van der Waals surface area contributed by atoms with E-state index in [1.54, 1.807) is 6.92 Å². The number of hydrogen-bond acceptors (Lipinski definition) is 7. The number of amides is 1. The third-order valence-corrected chi connectivity index (χ3v) is 5.67. The maximum absolute atomic E-state index is 12.5. The molecule has 8 nitrogen and oxygen atoms in total. The number of benzene rings is 2. The quantitative estimate of drug-likeness (QED) is 0.742. The molecule has 0 bridgehead atoms. The third-order valence-electron chi connectivity index (χ3n) is 3.08. The monoisotopic (exact) mass is 399 g/mol. The Kier molecular flexibility index (Phi) is 5.88. The number of sulfone groups is 1. The number of rotatable bonds is 6. The van der Waals surface area contributed by atoms with Gasteiger partial charge in [-0.3, -0.25) is 5.32 Å². The van der Waals surface area contributed by atoms with Crippen LogP contribution in [0.15, 0.2) is 58.3 Å². The van der Waals surface area contributed by atoms with E-state index in [0.29, 0.717) is 0 Å². The minimum atomic E-state index is -4.41. The largest absolute Gasteiger partial charge is 0.450 e. The number of carbonyl (C=O) groups excluding carboxylic acids is 1. The van der Waals surface area contributed by atoms with Gasteiger partial charge in [0.1, 0.15) is 10.6 Å². The number of hydrogen-bond donors (Lipinski definition) is 1. The van der Waals surface area contributed by atoms with E-state index in [0.717, 1.165) is 12.3 Å². The second-order valence-corrected chi connectivity index (χ2v) is 8.63. The van der Waals surface area contributed by atoms with Crippen LogP contribution >= 0.6 is 0 Å². The van der Waals surface area contributed by atoms with Gasteiger partial charge in [-0.25, -0.2) is 13.2 Å². The highest BCUT2D eigenvalue weighted by molar-refractivity contribution is 7.92. The van der Waals surface area contributed by atoms with Crippen LogP contribution in [-0.2, 0) is 24.7 Å². The molecule has 0 aliphatic heterocycles. The molecule has 26 heavy (non-hydrogen) atoms. The predicted molar refractivity (Wildman–Crippen MR) is 94.5 cm³/mol. The molecule has 0 aromatic heterocycles. The normalized spacial score (nSPS) is 11.6. The number of anilines is 1. The van der Waals surface area contributed by atoms with Crippen molar-refractivity contribution in [1.29, 1.82) is 0 Å². The van der Waals surface area contributed by atoms with Crippen molar-refractivity contribution in [2.24, 2.45) is 0 Å². The fourth-order valence-electron chi connectivity index (χ4n) is 2.05. The van der Waals surface area contributed by atoms with E-state index in [1.807, 2.05) is 0 Å². The Morgan fingerprint density at radius 2 is 1.65 bits per heavy atom. The van der Waals surface area contributed by atoms with E-state index in [9.17, 15) is 21.6 Å². The Bertz CT molecular complexity index is 1010. The summed E-state index contributed by atoms with van der Waals surface area (Å²) in [5, 5.41) is 2.41. The van der Waals surface area contributed by atoms with Gasteiger partial charge in [-0.2, -0.15) is 8.42 Å². The van der Waals surface area contributed by atoms with Crippen LogP contribution in [-0.4, -0.2) is 35.8 Å². The van der Waals surface area contributed by atoms with Crippen LogP contribution in [0.25, 0.3) is 0 Å². The van der Waals surface area contributed by atoms with Gasteiger partial charge < -0.3 is 8.92 Å². The van der Waals surface area contributed by atoms with Crippen LogP contribution in [0.4, 0.5) is 10.5 Å². The van der Waals surface area contributed by atoms with Gasteiger partial charge in [-0.05, 0) is 31.2 Å². The lowest BCUT2D eigenvalue weighted by Gasteiger charge is -2.11. The minimum Gasteiger partial charge on any atom is -0.450 e. The first-order valence-electron chi connectivity index (χ1n) is 7.41. The highest BCUT2D eigenvalue weighted by Crippen LogP contribution is 2.26. The first-order valence-corrected chi connectivity index (χ1v) is 10.7. The van der Waals surface area contributed by atoms with Crippen molar-refractivity contribution >= 4 is 31.7 Å². The molecule has 0 aliphatic carbocycles. The summed E-state index contributed by atoms with van der Waals surface area (Å²) in [6, 6.07) is 10.8. The molecule has 1 N–H and O–H groups in total. The Morgan fingerprint density at radius 3 is 2.27 bits per heavy atom. The van der Waals surface area contributed by atoms with Crippen molar-refractivity contribution in [3.63, 3.8) is 0 Å². The summed E-state index contributed by atoms with van der Waals surface area (Å²) in [6.07, 6.45) is 0.209. The molecule has 0 radical (unpaired) electrons. The maximum atomic E-state index is 12.5. The van der Waals surface area contributed by atoms with Gasteiger partial charge in [0.2, 0.25) is 0 Å². The zero-order valence-corrected chi connectivity index (χ0v) is 15.6. The molecule has 2 rings (SSSR count). The van der Waals surface area contributed by atoms with E-state index in [4.69, 9.17) is 8.92 Å². The van der Waals surface area contributed by atoms with E-state index in [-0.39, 0.29) is 22.9 Å². The molecule has 2 aromatic rings. The van der Waals surface area contributed by atoms with Gasteiger partial charge in [-0.1, -0.05) is 18.2 Å². The lowest BCUT2D eigenvalue weighted by molar-refractivity contribution is 0.168. The Hall–Kier alpha value is -2.59. The van der Waals surface area contributed by atoms with Crippen molar-refractivity contribution in [3.8, 4) is 5.75 Å². The predicted octanol–water partition coefficient (Wildman–Crippen LogP) is 2.43. The summed E-state index contributed by atoms with van der Waals surface area (Å²) < 4.78 is 58.4. The summed E-state index contributed by atoms with van der Waals surface area (Å²) in [6.45, 7) is 1.82. The summed E-state index contributed by atoms with van der Waals surface area (Å²) in [5.74, 6) is -0.0948. The van der Waals surface area contributed by atoms with Crippen molar-refractivity contribution in [3.05, 3.63) is 48.5 Å². The topological polar surface area (TPSA) is 116 Å². The maximum Gasteiger partial charge on any atom is 0.411 e. The van der Waals surface area contributed by atoms with Crippen LogP contribution < -0.4 is 9.50 Å². The van der Waals surface area contributed by atoms with Gasteiger partial charge in [0.25, 0.3) is 0 Å². The Balaban J connectivity index is 2.33. The van der Waals surface area contributed by atoms with E-state index in [1.165, 1.54) is 42.5 Å². The summed E-state index contributed by atoms with van der Waals surface area (Å²) in [4.78, 5) is 10.6. The summed E-state index contributed by atoms with van der Waals surface area (Å²) in [5.41, 5.74) is 0.257. The van der Waals surface area contributed by atoms with Crippen molar-refractivity contribution in [1.82, 2.24) is 0 Å². The molecule has 0 aliphatic rings. The lowest BCUT2D eigenvalue weighted by atomic mass is 10.3. The zero-order chi connectivity index (χ0) is 19.4. The molecule has 140 valence electrons. The molecule has 0 saturated heterocycles. The van der Waals surface area contributed by atoms with E-state index in [2.05, 4.69) is 5.32 Å². The van der Waals surface area contributed by atoms with Crippen LogP contribution in [0, 0.1) is 0 Å². The van der Waals surface area contributed by atoms with Crippen LogP contribution in [0.3, 0.4) is 0 Å². The fourth-order valence-corrected chi connectivity index (χ4v) is 4.57. The first kappa shape index (κ1) is 19.7. The average Bonchev–Trinajstić information content (AvgIpc) is 2.54. The summed E-state index contributed by atoms with van der Waals surface area (Å²) >= 11 is 0. The Morgan fingerprint density at radius 1 is 1.00 bits per heavy atom. The van der Waals surface area contributed by atoms with Crippen molar-refractivity contribution in [2.45, 2.75) is 16.7 Å². The second-order valence-electron chi connectivity index (χ2n) is 5.13. The van der Waals surface area contributed by atoms with Crippen LogP contribution in [0.5, 0.6) is 5.75 Å². The standard InChI is InChI=1S/C16H17NO7S2/c1-3-23-16(18)17-12-7-6-8-13(11-12)24-26(21,22)15-10-5-4-9-14(15)25(2,19)20/h4-11H,3H2,1-2H3,(H,17,18). The van der Waals surface area contributed by atoms with Gasteiger partial charge in [0.15, 0.2) is 9.84 Å². The number of carbonyl (C=O) groups is 1. The van der Waals surface area contributed by atoms with Crippen LogP contribution in [0.1, 0.15) is 6.92 Å². The minimum absolute atomic E-state index is 0.0948. The van der Waals surface area contributed by atoms with E-state index >= 15 is 0 Å². The smallest absolute Gasteiger partial charge is 0.411 e. The summed E-state index contributed by atoms with van der Waals surface area (Å²) in [7, 11) is -8.18. The van der Waals surface area contributed by atoms with Gasteiger partial charge in [-0.15, -0.1) is 0 Å². The molecule has 0 fully saturated rings. The number of nitrogens with one attached hydrogen (secondary N) is 1. The Labute approximate surface area is 151 Å². The molecule has 0 spiro atoms. The van der Waals surface area contributed by atoms with Crippen LogP contribution in [0.2, 0.25) is 0 Å². The first-order chi connectivity index (χ1) is 12.1. The molecule has 0 saturated carbocycles. The lowest BCUT2D eigenvalue weighted by Crippen LogP contribution is -2.15.